The molecule has 2 aliphatic heterocycles. The maximum atomic E-state index is 13.0. The van der Waals surface area contributed by atoms with Gasteiger partial charge in [0.25, 0.3) is 0 Å². The summed E-state index contributed by atoms with van der Waals surface area (Å²) in [6, 6.07) is 6.54. The smallest absolute Gasteiger partial charge is 0.487 e. The number of nitrogens with zero attached hydrogens (tertiary/aromatic N) is 1. The molecule has 1 aromatic rings. The Hall–Kier alpha value is -2.16. The Kier molecular flexibility index (Phi) is 5.03. The van der Waals surface area contributed by atoms with Crippen molar-refractivity contribution in [1.82, 2.24) is 4.90 Å². The van der Waals surface area contributed by atoms with Crippen molar-refractivity contribution < 1.29 is 29.5 Å². The molecular weight excluding hydrogens is 361 g/mol. The lowest BCUT2D eigenvalue weighted by molar-refractivity contribution is -0.140. The van der Waals surface area contributed by atoms with Crippen molar-refractivity contribution >= 4 is 18.9 Å². The summed E-state index contributed by atoms with van der Waals surface area (Å²) in [7, 11) is -1.23. The van der Waals surface area contributed by atoms with Crippen LogP contribution >= 0.6 is 0 Å². The molecule has 0 aromatic heterocycles. The van der Waals surface area contributed by atoms with Crippen LogP contribution < -0.4 is 0 Å². The van der Waals surface area contributed by atoms with Gasteiger partial charge in [0.1, 0.15) is 5.75 Å². The molecular formula is C20H24BNO6. The van der Waals surface area contributed by atoms with Gasteiger partial charge in [0.2, 0.25) is 11.8 Å². The van der Waals surface area contributed by atoms with E-state index >= 15 is 0 Å². The van der Waals surface area contributed by atoms with Gasteiger partial charge < -0.3 is 19.9 Å². The molecule has 1 aliphatic carbocycles. The fourth-order valence-corrected chi connectivity index (χ4v) is 4.97. The number of hydrogen-bond donors (Lipinski definition) is 3. The van der Waals surface area contributed by atoms with Gasteiger partial charge in [-0.1, -0.05) is 19.1 Å². The lowest BCUT2D eigenvalue weighted by Crippen LogP contribution is -2.45. The van der Waals surface area contributed by atoms with E-state index in [1.807, 2.05) is 6.92 Å². The summed E-state index contributed by atoms with van der Waals surface area (Å²) in [6.45, 7) is 2.04. The van der Waals surface area contributed by atoms with Crippen molar-refractivity contribution in [2.45, 2.75) is 32.3 Å². The highest BCUT2D eigenvalue weighted by Gasteiger charge is 2.57. The van der Waals surface area contributed by atoms with E-state index in [4.69, 9.17) is 4.65 Å². The number of phenols is 1. The van der Waals surface area contributed by atoms with E-state index < -0.39 is 25.1 Å². The predicted octanol–water partition coefficient (Wildman–Crippen LogP) is 1.19. The zero-order valence-electron chi connectivity index (χ0n) is 15.7. The van der Waals surface area contributed by atoms with E-state index in [0.29, 0.717) is 30.4 Å². The lowest BCUT2D eigenvalue weighted by atomic mass is 9.55. The van der Waals surface area contributed by atoms with E-state index in [1.54, 1.807) is 24.3 Å². The Morgan fingerprint density at radius 3 is 2.54 bits per heavy atom. The highest BCUT2D eigenvalue weighted by molar-refractivity contribution is 6.53. The molecule has 3 aliphatic rings. The number of rotatable bonds is 4. The normalized spacial score (nSPS) is 30.0. The maximum Gasteiger partial charge on any atom is 0.487 e. The molecule has 1 aromatic carbocycles. The fraction of sp³-hybridized carbons (Fsp3) is 0.500. The molecule has 0 bridgehead atoms. The highest BCUT2D eigenvalue weighted by atomic mass is 16.5. The van der Waals surface area contributed by atoms with Gasteiger partial charge in [-0.05, 0) is 53.9 Å². The molecule has 7 nitrogen and oxygen atoms in total. The molecule has 148 valence electrons. The van der Waals surface area contributed by atoms with Gasteiger partial charge in [-0.3, -0.25) is 14.5 Å². The van der Waals surface area contributed by atoms with Gasteiger partial charge in [-0.25, -0.2) is 0 Å². The summed E-state index contributed by atoms with van der Waals surface area (Å²) in [5.41, 5.74) is 1.94. The van der Waals surface area contributed by atoms with Crippen LogP contribution in [0.15, 0.2) is 35.3 Å². The average molecular weight is 385 g/mol. The van der Waals surface area contributed by atoms with Crippen molar-refractivity contribution in [1.29, 1.82) is 0 Å². The van der Waals surface area contributed by atoms with E-state index in [-0.39, 0.29) is 36.5 Å². The van der Waals surface area contributed by atoms with Crippen molar-refractivity contribution in [2.24, 2.45) is 17.8 Å². The van der Waals surface area contributed by atoms with Gasteiger partial charge in [-0.15, -0.1) is 0 Å². The predicted molar refractivity (Wildman–Crippen MR) is 101 cm³/mol. The minimum absolute atomic E-state index is 0.132. The number of fused-ring (bicyclic) bond motifs is 3. The van der Waals surface area contributed by atoms with Crippen LogP contribution in [0.25, 0.3) is 0 Å². The molecule has 2 amide bonds. The number of aliphatic hydroxyl groups is 1. The van der Waals surface area contributed by atoms with Crippen LogP contribution in [0.3, 0.4) is 0 Å². The first kappa shape index (κ1) is 19.2. The number of allylic oxidation sites excluding steroid dienone is 1. The Labute approximate surface area is 163 Å². The number of hydrogen-bond acceptors (Lipinski definition) is 6. The number of carbonyl (C=O) groups excluding carboxylic acids is 2. The first-order chi connectivity index (χ1) is 13.5. The Balaban J connectivity index is 1.71. The first-order valence-electron chi connectivity index (χ1n) is 9.76. The van der Waals surface area contributed by atoms with Gasteiger partial charge in [0, 0.05) is 6.54 Å². The van der Waals surface area contributed by atoms with Crippen molar-refractivity contribution in [3.8, 4) is 5.75 Å². The summed E-state index contributed by atoms with van der Waals surface area (Å²) in [6.07, 6.45) is 0.936. The summed E-state index contributed by atoms with van der Waals surface area (Å²) < 4.78 is 5.79. The van der Waals surface area contributed by atoms with Crippen molar-refractivity contribution in [3.05, 3.63) is 40.9 Å². The molecule has 8 heteroatoms. The standard InChI is InChI=1S/C20H24BNO6/c1-2-7-22-19(25)15-8-12(10-23)18-14(17(15)20(22)26)9-16(28-21(18)27)11-3-5-13(24)6-4-11/h3-6,14-17,23-24,27H,2,7-10H2,1H3/t14-,15-,16-,17+/m0/s1. The number of benzene rings is 1. The lowest BCUT2D eigenvalue weighted by Gasteiger charge is -2.41. The topological polar surface area (TPSA) is 107 Å². The minimum atomic E-state index is -1.23. The third-order valence-corrected chi connectivity index (χ3v) is 6.21. The molecule has 28 heavy (non-hydrogen) atoms. The minimum Gasteiger partial charge on any atom is -0.508 e. The zero-order chi connectivity index (χ0) is 20.0. The van der Waals surface area contributed by atoms with E-state index in [9.17, 15) is 24.8 Å². The van der Waals surface area contributed by atoms with Crippen molar-refractivity contribution in [2.75, 3.05) is 13.2 Å². The van der Waals surface area contributed by atoms with Crippen LogP contribution in [-0.2, 0) is 14.2 Å². The van der Waals surface area contributed by atoms with E-state index in [0.717, 1.165) is 5.56 Å². The van der Waals surface area contributed by atoms with Crippen LogP contribution in [-0.4, -0.2) is 52.2 Å². The van der Waals surface area contributed by atoms with Gasteiger partial charge >= 0.3 is 7.12 Å². The Morgan fingerprint density at radius 2 is 1.89 bits per heavy atom. The summed E-state index contributed by atoms with van der Waals surface area (Å²) in [5, 5.41) is 30.0. The zero-order valence-corrected chi connectivity index (χ0v) is 15.7. The molecule has 4 atom stereocenters. The van der Waals surface area contributed by atoms with Crippen LogP contribution in [0.4, 0.5) is 0 Å². The SMILES string of the molecule is CCCN1C(=O)[C@H]2[C@H](CC(CO)=C3B(O)O[C@H](c4ccc(O)cc4)C[C@H]32)C1=O. The number of amides is 2. The third-order valence-electron chi connectivity index (χ3n) is 6.21. The fourth-order valence-electron chi connectivity index (χ4n) is 4.97. The van der Waals surface area contributed by atoms with E-state index in [1.165, 1.54) is 4.90 Å². The molecule has 4 rings (SSSR count). The Bertz CT molecular complexity index is 822. The Morgan fingerprint density at radius 1 is 1.18 bits per heavy atom. The molecule has 0 radical (unpaired) electrons. The van der Waals surface area contributed by atoms with Crippen LogP contribution in [0, 0.1) is 17.8 Å². The second kappa shape index (κ2) is 7.35. The van der Waals surface area contributed by atoms with Gasteiger partial charge in [0.15, 0.2) is 0 Å². The second-order valence-electron chi connectivity index (χ2n) is 7.79. The van der Waals surface area contributed by atoms with Crippen molar-refractivity contribution in [3.63, 3.8) is 0 Å². The van der Waals surface area contributed by atoms with Crippen LogP contribution in [0.5, 0.6) is 5.75 Å². The number of aliphatic hydroxyl groups excluding tert-OH is 1. The number of aromatic hydroxyl groups is 1. The highest BCUT2D eigenvalue weighted by Crippen LogP contribution is 2.51. The summed E-state index contributed by atoms with van der Waals surface area (Å²) in [5.74, 6) is -1.60. The van der Waals surface area contributed by atoms with E-state index in [2.05, 4.69) is 0 Å². The van der Waals surface area contributed by atoms with Crippen LogP contribution in [0.1, 0.15) is 37.9 Å². The molecule has 2 heterocycles. The molecule has 2 fully saturated rings. The quantitative estimate of drug-likeness (QED) is 0.531. The number of imide groups is 1. The van der Waals surface area contributed by atoms with Crippen LogP contribution in [0.2, 0.25) is 0 Å². The first-order valence-corrected chi connectivity index (χ1v) is 9.76. The van der Waals surface area contributed by atoms with Gasteiger partial charge in [-0.2, -0.15) is 0 Å². The molecule has 0 saturated carbocycles. The number of likely N-dealkylation sites (tertiary alicyclic amines) is 1. The molecule has 2 saturated heterocycles. The monoisotopic (exact) mass is 385 g/mol. The van der Waals surface area contributed by atoms with Gasteiger partial charge in [0.05, 0.1) is 24.5 Å². The maximum absolute atomic E-state index is 13.0. The molecule has 0 unspecified atom stereocenters. The summed E-state index contributed by atoms with van der Waals surface area (Å²) in [4.78, 5) is 27.2. The average Bonchev–Trinajstić information content (AvgIpc) is 2.92. The number of carbonyl (C=O) groups is 2. The largest absolute Gasteiger partial charge is 0.508 e. The second-order valence-corrected chi connectivity index (χ2v) is 7.79. The summed E-state index contributed by atoms with van der Waals surface area (Å²) >= 11 is 0. The molecule has 0 spiro atoms. The molecule has 3 N–H and O–H groups in total. The third kappa shape index (κ3) is 2.96. The number of phenolic OH excluding ortho intramolecular Hbond substituents is 1.